The Morgan fingerprint density at radius 3 is 2.44 bits per heavy atom. The van der Waals surface area contributed by atoms with Crippen molar-refractivity contribution < 1.29 is 4.74 Å². The molecule has 0 bridgehead atoms. The van der Waals surface area contributed by atoms with Gasteiger partial charge in [-0.15, -0.1) is 0 Å². The van der Waals surface area contributed by atoms with Crippen LogP contribution in [-0.2, 0) is 5.54 Å². The molecule has 2 N–H and O–H groups in total. The van der Waals surface area contributed by atoms with Crippen LogP contribution in [-0.4, -0.2) is 7.11 Å². The lowest BCUT2D eigenvalue weighted by molar-refractivity contribution is 0.403. The number of ether oxygens (including phenoxy) is 1. The van der Waals surface area contributed by atoms with E-state index in [4.69, 9.17) is 10.5 Å². The Morgan fingerprint density at radius 2 is 2.00 bits per heavy atom. The largest absolute Gasteiger partial charge is 0.496 e. The van der Waals surface area contributed by atoms with Gasteiger partial charge in [-0.25, -0.2) is 0 Å². The molecule has 0 spiro atoms. The zero-order valence-corrected chi connectivity index (χ0v) is 11.6. The predicted molar refractivity (Wildman–Crippen MR) is 69.9 cm³/mol. The Labute approximate surface area is 105 Å². The van der Waals surface area contributed by atoms with E-state index in [2.05, 4.69) is 41.9 Å². The van der Waals surface area contributed by atoms with Crippen LogP contribution in [0.15, 0.2) is 16.6 Å². The Kier molecular flexibility index (Phi) is 3.01. The molecule has 1 aliphatic carbocycles. The van der Waals surface area contributed by atoms with Crippen LogP contribution in [0.1, 0.15) is 43.7 Å². The molecular weight excluding hydrogens is 266 g/mol. The molecule has 1 aromatic rings. The SMILES string of the molecule is COc1cc(C(C)C)c(Br)cc1C1(N)CC1. The molecular formula is C13H18BrNO. The second kappa shape index (κ2) is 4.04. The summed E-state index contributed by atoms with van der Waals surface area (Å²) in [5.74, 6) is 1.40. The average Bonchev–Trinajstić information content (AvgIpc) is 2.97. The first-order valence-corrected chi connectivity index (χ1v) is 6.44. The molecule has 2 rings (SSSR count). The molecule has 88 valence electrons. The third-order valence-corrected chi connectivity index (χ3v) is 3.95. The Morgan fingerprint density at radius 1 is 1.38 bits per heavy atom. The van der Waals surface area contributed by atoms with Gasteiger partial charge in [0.05, 0.1) is 7.11 Å². The minimum atomic E-state index is -0.149. The van der Waals surface area contributed by atoms with Crippen molar-refractivity contribution in [1.29, 1.82) is 0 Å². The maximum absolute atomic E-state index is 6.24. The van der Waals surface area contributed by atoms with Crippen molar-refractivity contribution in [3.8, 4) is 5.75 Å². The van der Waals surface area contributed by atoms with Crippen molar-refractivity contribution in [1.82, 2.24) is 0 Å². The number of benzene rings is 1. The van der Waals surface area contributed by atoms with Gasteiger partial charge < -0.3 is 10.5 Å². The van der Waals surface area contributed by atoms with E-state index in [0.717, 1.165) is 28.6 Å². The number of hydrogen-bond donors (Lipinski definition) is 1. The first-order valence-electron chi connectivity index (χ1n) is 5.65. The smallest absolute Gasteiger partial charge is 0.124 e. The maximum Gasteiger partial charge on any atom is 0.124 e. The van der Waals surface area contributed by atoms with Gasteiger partial charge in [-0.1, -0.05) is 29.8 Å². The van der Waals surface area contributed by atoms with Crippen LogP contribution >= 0.6 is 15.9 Å². The lowest BCUT2D eigenvalue weighted by atomic mass is 9.97. The Hall–Kier alpha value is -0.540. The lowest BCUT2D eigenvalue weighted by Crippen LogP contribution is -2.20. The summed E-state index contributed by atoms with van der Waals surface area (Å²) in [6.07, 6.45) is 2.10. The van der Waals surface area contributed by atoms with Gasteiger partial charge in [0.15, 0.2) is 0 Å². The summed E-state index contributed by atoms with van der Waals surface area (Å²) in [5.41, 5.74) is 8.49. The third kappa shape index (κ3) is 1.98. The second-order valence-corrected chi connectivity index (χ2v) is 5.74. The van der Waals surface area contributed by atoms with Gasteiger partial charge >= 0.3 is 0 Å². The van der Waals surface area contributed by atoms with Crippen LogP contribution < -0.4 is 10.5 Å². The van der Waals surface area contributed by atoms with Gasteiger partial charge in [-0.2, -0.15) is 0 Å². The zero-order valence-electron chi connectivity index (χ0n) is 10.0. The van der Waals surface area contributed by atoms with Crippen molar-refractivity contribution in [2.45, 2.75) is 38.1 Å². The normalized spacial score (nSPS) is 17.6. The van der Waals surface area contributed by atoms with Crippen LogP contribution in [0.4, 0.5) is 0 Å². The van der Waals surface area contributed by atoms with Gasteiger partial charge in [0.2, 0.25) is 0 Å². The van der Waals surface area contributed by atoms with Crippen molar-refractivity contribution in [3.63, 3.8) is 0 Å². The Balaban J connectivity index is 2.51. The third-order valence-electron chi connectivity index (χ3n) is 3.27. The highest BCUT2D eigenvalue weighted by molar-refractivity contribution is 9.10. The fourth-order valence-corrected chi connectivity index (χ4v) is 2.77. The molecule has 1 aromatic carbocycles. The molecule has 0 heterocycles. The summed E-state index contributed by atoms with van der Waals surface area (Å²) in [5, 5.41) is 0. The van der Waals surface area contributed by atoms with E-state index in [1.807, 2.05) is 0 Å². The number of rotatable bonds is 3. The predicted octanol–water partition coefficient (Wildman–Crippen LogP) is 3.53. The first kappa shape index (κ1) is 11.9. The molecule has 0 atom stereocenters. The van der Waals surface area contributed by atoms with Crippen LogP contribution in [0.2, 0.25) is 0 Å². The molecule has 16 heavy (non-hydrogen) atoms. The van der Waals surface area contributed by atoms with E-state index in [0.29, 0.717) is 5.92 Å². The summed E-state index contributed by atoms with van der Waals surface area (Å²) in [4.78, 5) is 0. The van der Waals surface area contributed by atoms with Crippen LogP contribution in [0.3, 0.4) is 0 Å². The highest BCUT2D eigenvalue weighted by Gasteiger charge is 2.42. The maximum atomic E-state index is 6.24. The minimum absolute atomic E-state index is 0.149. The lowest BCUT2D eigenvalue weighted by Gasteiger charge is -2.18. The zero-order chi connectivity index (χ0) is 11.9. The van der Waals surface area contributed by atoms with E-state index in [1.165, 1.54) is 5.56 Å². The topological polar surface area (TPSA) is 35.2 Å². The number of halogens is 1. The van der Waals surface area contributed by atoms with Crippen molar-refractivity contribution in [3.05, 3.63) is 27.7 Å². The number of methoxy groups -OCH3 is 1. The molecule has 0 unspecified atom stereocenters. The number of hydrogen-bond acceptors (Lipinski definition) is 2. The van der Waals surface area contributed by atoms with Crippen LogP contribution in [0.5, 0.6) is 5.75 Å². The fraction of sp³-hybridized carbons (Fsp3) is 0.538. The number of nitrogens with two attached hydrogens (primary N) is 1. The van der Waals surface area contributed by atoms with Crippen molar-refractivity contribution >= 4 is 15.9 Å². The molecule has 0 radical (unpaired) electrons. The monoisotopic (exact) mass is 283 g/mol. The van der Waals surface area contributed by atoms with Crippen molar-refractivity contribution in [2.75, 3.05) is 7.11 Å². The highest BCUT2D eigenvalue weighted by atomic mass is 79.9. The highest BCUT2D eigenvalue weighted by Crippen LogP contribution is 2.48. The summed E-state index contributed by atoms with van der Waals surface area (Å²) < 4.78 is 6.59. The quantitative estimate of drug-likeness (QED) is 0.921. The molecule has 2 nitrogen and oxygen atoms in total. The summed E-state index contributed by atoms with van der Waals surface area (Å²) >= 11 is 3.62. The van der Waals surface area contributed by atoms with Gasteiger partial charge in [-0.05, 0) is 36.5 Å². The van der Waals surface area contributed by atoms with Gasteiger partial charge in [0.25, 0.3) is 0 Å². The van der Waals surface area contributed by atoms with E-state index >= 15 is 0 Å². The first-order chi connectivity index (χ1) is 7.48. The fourth-order valence-electron chi connectivity index (χ4n) is 1.97. The van der Waals surface area contributed by atoms with Crippen molar-refractivity contribution in [2.24, 2.45) is 5.73 Å². The second-order valence-electron chi connectivity index (χ2n) is 4.88. The van der Waals surface area contributed by atoms with E-state index in [9.17, 15) is 0 Å². The van der Waals surface area contributed by atoms with Gasteiger partial charge in [-0.3, -0.25) is 0 Å². The molecule has 0 saturated heterocycles. The molecule has 1 saturated carbocycles. The van der Waals surface area contributed by atoms with Crippen LogP contribution in [0, 0.1) is 0 Å². The Bertz CT molecular complexity index is 411. The van der Waals surface area contributed by atoms with E-state index < -0.39 is 0 Å². The molecule has 0 aliphatic heterocycles. The minimum Gasteiger partial charge on any atom is -0.496 e. The van der Waals surface area contributed by atoms with E-state index in [-0.39, 0.29) is 5.54 Å². The van der Waals surface area contributed by atoms with Gasteiger partial charge in [0.1, 0.15) is 5.75 Å². The molecule has 1 fully saturated rings. The summed E-state index contributed by atoms with van der Waals surface area (Å²) in [6.45, 7) is 4.35. The average molecular weight is 284 g/mol. The van der Waals surface area contributed by atoms with Crippen LogP contribution in [0.25, 0.3) is 0 Å². The standard InChI is InChI=1S/C13H18BrNO/c1-8(2)9-6-12(16-3)10(7-11(9)14)13(15)4-5-13/h6-8H,4-5,15H2,1-3H3. The molecule has 3 heteroatoms. The summed E-state index contributed by atoms with van der Waals surface area (Å²) in [7, 11) is 1.71. The van der Waals surface area contributed by atoms with Gasteiger partial charge in [0, 0.05) is 15.6 Å². The molecule has 1 aliphatic rings. The molecule has 0 aromatic heterocycles. The summed E-state index contributed by atoms with van der Waals surface area (Å²) in [6, 6.07) is 4.23. The van der Waals surface area contributed by atoms with E-state index in [1.54, 1.807) is 7.11 Å². The molecule has 0 amide bonds.